The number of nitrogens with zero attached hydrogens (tertiary/aromatic N) is 3. The molecule has 3 aromatic rings. The van der Waals surface area contributed by atoms with Gasteiger partial charge in [-0.25, -0.2) is 9.37 Å². The van der Waals surface area contributed by atoms with Gasteiger partial charge in [-0.15, -0.1) is 0 Å². The molecule has 3 aliphatic rings. The minimum absolute atomic E-state index is 0.0664. The monoisotopic (exact) mass is 477 g/mol. The van der Waals surface area contributed by atoms with E-state index in [0.717, 1.165) is 25.7 Å². The summed E-state index contributed by atoms with van der Waals surface area (Å²) in [4.78, 5) is 34.2. The van der Waals surface area contributed by atoms with Crippen LogP contribution in [0.25, 0.3) is 22.6 Å². The fraction of sp³-hybridized carbons (Fsp3) is 0.423. The van der Waals surface area contributed by atoms with Crippen molar-refractivity contribution in [1.82, 2.24) is 25.4 Å². The highest BCUT2D eigenvalue weighted by molar-refractivity contribution is 5.97. The maximum Gasteiger partial charge on any atom is 0.254 e. The molecule has 8 nitrogen and oxygen atoms in total. The Morgan fingerprint density at radius 1 is 1.06 bits per heavy atom. The van der Waals surface area contributed by atoms with E-state index in [2.05, 4.69) is 20.5 Å². The minimum atomic E-state index is -0.360. The lowest BCUT2D eigenvalue weighted by molar-refractivity contribution is -0.134. The van der Waals surface area contributed by atoms with Crippen molar-refractivity contribution < 1.29 is 18.4 Å². The number of benzene rings is 2. The summed E-state index contributed by atoms with van der Waals surface area (Å²) in [5, 5.41) is 6.75. The fourth-order valence-corrected chi connectivity index (χ4v) is 5.50. The quantitative estimate of drug-likeness (QED) is 0.603. The molecule has 3 unspecified atom stereocenters. The van der Waals surface area contributed by atoms with Crippen molar-refractivity contribution in [2.75, 3.05) is 26.2 Å². The van der Waals surface area contributed by atoms with Gasteiger partial charge in [0.05, 0.1) is 5.92 Å². The van der Waals surface area contributed by atoms with Crippen LogP contribution < -0.4 is 10.6 Å². The van der Waals surface area contributed by atoms with Gasteiger partial charge < -0.3 is 14.6 Å². The molecule has 35 heavy (non-hydrogen) atoms. The first-order chi connectivity index (χ1) is 17.0. The second-order valence-corrected chi connectivity index (χ2v) is 9.62. The molecule has 1 aromatic heterocycles. The number of nitrogens with one attached hydrogen (secondary N) is 2. The van der Waals surface area contributed by atoms with Gasteiger partial charge in [0.2, 0.25) is 11.8 Å². The molecule has 3 fully saturated rings. The first-order valence-electron chi connectivity index (χ1n) is 12.3. The third-order valence-electron chi connectivity index (χ3n) is 7.43. The molecule has 0 spiro atoms. The van der Waals surface area contributed by atoms with E-state index in [-0.39, 0.29) is 35.9 Å². The summed E-state index contributed by atoms with van der Waals surface area (Å²) in [5.41, 5.74) is 2.19. The highest BCUT2D eigenvalue weighted by Gasteiger charge is 2.40. The molecule has 182 valence electrons. The molecule has 1 aliphatic carbocycles. The van der Waals surface area contributed by atoms with Crippen LogP contribution in [-0.4, -0.2) is 65.1 Å². The molecule has 6 rings (SSSR count). The van der Waals surface area contributed by atoms with Crippen LogP contribution in [-0.2, 0) is 4.79 Å². The predicted molar refractivity (Wildman–Crippen MR) is 128 cm³/mol. The highest BCUT2D eigenvalue weighted by atomic mass is 19.1. The molecule has 2 aliphatic heterocycles. The fourth-order valence-electron chi connectivity index (χ4n) is 5.50. The van der Waals surface area contributed by atoms with E-state index in [9.17, 15) is 14.0 Å². The van der Waals surface area contributed by atoms with Crippen molar-refractivity contribution in [2.45, 2.75) is 38.0 Å². The molecule has 1 saturated carbocycles. The largest absolute Gasteiger partial charge is 0.436 e. The Hall–Kier alpha value is -3.30. The van der Waals surface area contributed by atoms with Gasteiger partial charge in [-0.05, 0) is 49.2 Å². The second kappa shape index (κ2) is 9.05. The zero-order chi connectivity index (χ0) is 23.9. The zero-order valence-electron chi connectivity index (χ0n) is 19.4. The van der Waals surface area contributed by atoms with Gasteiger partial charge in [0.25, 0.3) is 5.91 Å². The van der Waals surface area contributed by atoms with Crippen LogP contribution in [0.15, 0.2) is 46.9 Å². The first-order valence-corrected chi connectivity index (χ1v) is 12.3. The average Bonchev–Trinajstić information content (AvgIpc) is 3.32. The smallest absolute Gasteiger partial charge is 0.254 e. The maximum absolute atomic E-state index is 13.6. The number of rotatable bonds is 3. The van der Waals surface area contributed by atoms with E-state index < -0.39 is 0 Å². The Morgan fingerprint density at radius 3 is 2.71 bits per heavy atom. The summed E-state index contributed by atoms with van der Waals surface area (Å²) in [7, 11) is 0. The molecule has 9 heteroatoms. The predicted octanol–water partition coefficient (Wildman–Crippen LogP) is 2.95. The van der Waals surface area contributed by atoms with E-state index in [1.165, 1.54) is 12.1 Å². The van der Waals surface area contributed by atoms with Crippen molar-refractivity contribution in [3.05, 3.63) is 53.8 Å². The molecular weight excluding hydrogens is 449 g/mol. The average molecular weight is 478 g/mol. The first kappa shape index (κ1) is 22.2. The number of amides is 2. The number of hydrogen-bond acceptors (Lipinski definition) is 6. The normalized spacial score (nSPS) is 25.3. The number of hydrogen-bond donors (Lipinski definition) is 2. The number of carbonyl (C=O) groups excluding carboxylic acids is 2. The molecule has 2 amide bonds. The van der Waals surface area contributed by atoms with Gasteiger partial charge in [-0.1, -0.05) is 18.9 Å². The summed E-state index contributed by atoms with van der Waals surface area (Å²) < 4.78 is 19.4. The lowest BCUT2D eigenvalue weighted by Crippen LogP contribution is -2.69. The Balaban J connectivity index is 1.11. The summed E-state index contributed by atoms with van der Waals surface area (Å²) >= 11 is 0. The van der Waals surface area contributed by atoms with Crippen molar-refractivity contribution in [2.24, 2.45) is 5.92 Å². The van der Waals surface area contributed by atoms with E-state index in [4.69, 9.17) is 4.42 Å². The van der Waals surface area contributed by atoms with E-state index in [0.29, 0.717) is 54.3 Å². The lowest BCUT2D eigenvalue weighted by Gasteiger charge is -2.46. The van der Waals surface area contributed by atoms with Crippen LogP contribution in [0.2, 0.25) is 0 Å². The van der Waals surface area contributed by atoms with Gasteiger partial charge >= 0.3 is 0 Å². The third kappa shape index (κ3) is 4.30. The number of carbonyl (C=O) groups is 2. The maximum atomic E-state index is 13.6. The summed E-state index contributed by atoms with van der Waals surface area (Å²) in [6, 6.07) is 11.5. The molecule has 2 aromatic carbocycles. The molecule has 0 bridgehead atoms. The SMILES string of the molecule is O=C1NC(N2CCN(C(=O)c3ccc4nc(-c5cccc(F)c5)oc4c3)CC2)NC2CCCCC12. The third-order valence-corrected chi connectivity index (χ3v) is 7.43. The summed E-state index contributed by atoms with van der Waals surface area (Å²) in [6.07, 6.45) is 4.10. The molecule has 0 radical (unpaired) electrons. The lowest BCUT2D eigenvalue weighted by atomic mass is 9.82. The summed E-state index contributed by atoms with van der Waals surface area (Å²) in [5.74, 6) is 0.120. The van der Waals surface area contributed by atoms with Crippen LogP contribution in [0.3, 0.4) is 0 Å². The van der Waals surface area contributed by atoms with E-state index >= 15 is 0 Å². The van der Waals surface area contributed by atoms with Gasteiger partial charge in [0.1, 0.15) is 17.6 Å². The number of aromatic nitrogens is 1. The van der Waals surface area contributed by atoms with Gasteiger partial charge in [-0.2, -0.15) is 0 Å². The Labute approximate surface area is 202 Å². The molecule has 3 atom stereocenters. The van der Waals surface area contributed by atoms with E-state index in [1.807, 2.05) is 4.90 Å². The van der Waals surface area contributed by atoms with Gasteiger partial charge in [0.15, 0.2) is 5.58 Å². The van der Waals surface area contributed by atoms with Crippen LogP contribution in [0.1, 0.15) is 36.0 Å². The molecular formula is C26H28FN5O3. The van der Waals surface area contributed by atoms with Crippen molar-refractivity contribution in [3.8, 4) is 11.5 Å². The number of oxazole rings is 1. The molecule has 3 heterocycles. The van der Waals surface area contributed by atoms with Crippen LogP contribution >= 0.6 is 0 Å². The Morgan fingerprint density at radius 2 is 1.89 bits per heavy atom. The zero-order valence-corrected chi connectivity index (χ0v) is 19.4. The highest BCUT2D eigenvalue weighted by Crippen LogP contribution is 2.28. The number of halogens is 1. The standard InChI is InChI=1S/C26H28FN5O3/c27-18-5-3-4-16(14-18)24-28-21-9-8-17(15-22(21)35-24)25(34)31-10-12-32(13-11-31)26-29-20-7-2-1-6-19(20)23(33)30-26/h3-5,8-9,14-15,19-20,26,29H,1-2,6-7,10-13H2,(H,30,33). The second-order valence-electron chi connectivity index (χ2n) is 9.62. The van der Waals surface area contributed by atoms with E-state index in [1.54, 1.807) is 30.3 Å². The Kier molecular flexibility index (Phi) is 5.74. The van der Waals surface area contributed by atoms with Gasteiger partial charge in [-0.3, -0.25) is 19.8 Å². The Bertz CT molecular complexity index is 1270. The van der Waals surface area contributed by atoms with Crippen LogP contribution in [0.5, 0.6) is 0 Å². The topological polar surface area (TPSA) is 90.7 Å². The van der Waals surface area contributed by atoms with Crippen LogP contribution in [0.4, 0.5) is 4.39 Å². The number of piperazine rings is 1. The van der Waals surface area contributed by atoms with Crippen molar-refractivity contribution in [3.63, 3.8) is 0 Å². The molecule has 2 N–H and O–H groups in total. The van der Waals surface area contributed by atoms with Gasteiger partial charge in [0, 0.05) is 43.3 Å². The van der Waals surface area contributed by atoms with Crippen LogP contribution in [0, 0.1) is 11.7 Å². The molecule has 2 saturated heterocycles. The minimum Gasteiger partial charge on any atom is -0.436 e. The van der Waals surface area contributed by atoms with Crippen molar-refractivity contribution in [1.29, 1.82) is 0 Å². The van der Waals surface area contributed by atoms with Crippen molar-refractivity contribution >= 4 is 22.9 Å². The number of fused-ring (bicyclic) bond motifs is 2. The summed E-state index contributed by atoms with van der Waals surface area (Å²) in [6.45, 7) is 2.50.